The Morgan fingerprint density at radius 3 is 2.50 bits per heavy atom. The number of aryl methyl sites for hydroxylation is 1. The van der Waals surface area contributed by atoms with E-state index in [0.717, 1.165) is 63.4 Å². The number of hydrogen-bond donors (Lipinski definition) is 0. The van der Waals surface area contributed by atoms with Gasteiger partial charge in [-0.2, -0.15) is 13.2 Å². The molecule has 7 heteroatoms. The van der Waals surface area contributed by atoms with Crippen molar-refractivity contribution in [3.8, 4) is 11.5 Å². The van der Waals surface area contributed by atoms with Crippen LogP contribution < -0.4 is 9.47 Å². The second-order valence-corrected chi connectivity index (χ2v) is 7.26. The van der Waals surface area contributed by atoms with Gasteiger partial charge in [0, 0.05) is 13.1 Å². The van der Waals surface area contributed by atoms with Gasteiger partial charge in [0.2, 0.25) is 0 Å². The van der Waals surface area contributed by atoms with E-state index >= 15 is 0 Å². The molecule has 164 valence electrons. The lowest BCUT2D eigenvalue weighted by Gasteiger charge is -2.26. The highest BCUT2D eigenvalue weighted by molar-refractivity contribution is 5.43. The fraction of sp³-hybridized carbons (Fsp3) is 0.478. The Bertz CT molecular complexity index is 805. The first-order valence-corrected chi connectivity index (χ1v) is 10.3. The Kier molecular flexibility index (Phi) is 7.99. The zero-order valence-corrected chi connectivity index (χ0v) is 17.2. The highest BCUT2D eigenvalue weighted by atomic mass is 19.4. The molecule has 0 amide bonds. The summed E-state index contributed by atoms with van der Waals surface area (Å²) in [7, 11) is 0. The molecule has 1 heterocycles. The number of rotatable bonds is 9. The molecule has 0 saturated carbocycles. The number of hydrogen-bond acceptors (Lipinski definition) is 4. The molecular weight excluding hydrogens is 395 g/mol. The number of ether oxygens (including phenoxy) is 3. The van der Waals surface area contributed by atoms with E-state index in [4.69, 9.17) is 14.2 Å². The molecule has 0 radical (unpaired) electrons. The third-order valence-electron chi connectivity index (χ3n) is 5.00. The van der Waals surface area contributed by atoms with Crippen LogP contribution in [0.5, 0.6) is 11.5 Å². The summed E-state index contributed by atoms with van der Waals surface area (Å²) in [6.07, 6.45) is -2.41. The third kappa shape index (κ3) is 6.64. The van der Waals surface area contributed by atoms with Crippen LogP contribution >= 0.6 is 0 Å². The van der Waals surface area contributed by atoms with E-state index in [1.54, 1.807) is 6.07 Å². The summed E-state index contributed by atoms with van der Waals surface area (Å²) in [6.45, 7) is 7.00. The minimum absolute atomic E-state index is 0.0420. The van der Waals surface area contributed by atoms with Crippen molar-refractivity contribution in [3.05, 3.63) is 59.2 Å². The Balaban J connectivity index is 1.59. The summed E-state index contributed by atoms with van der Waals surface area (Å²) in [5.74, 6) is 1.15. The molecule has 0 bridgehead atoms. The van der Waals surface area contributed by atoms with Crippen molar-refractivity contribution in [1.29, 1.82) is 0 Å². The van der Waals surface area contributed by atoms with E-state index in [-0.39, 0.29) is 6.61 Å². The van der Waals surface area contributed by atoms with Gasteiger partial charge in [0.1, 0.15) is 6.61 Å². The summed E-state index contributed by atoms with van der Waals surface area (Å²) in [6, 6.07) is 11.0. The standard InChI is InChI=1S/C23H28F3NO3/c1-2-29-22-16-18(6-4-10-27-11-13-28-14-12-27)8-9-21(22)30-17-19-5-3-7-20(15-19)23(24,25)26/h3,5,7-9,15-16H,2,4,6,10-14,17H2,1H3. The second-order valence-electron chi connectivity index (χ2n) is 7.26. The molecule has 0 aliphatic carbocycles. The lowest BCUT2D eigenvalue weighted by Crippen LogP contribution is -2.36. The van der Waals surface area contributed by atoms with Crippen LogP contribution in [0.25, 0.3) is 0 Å². The number of halogens is 3. The van der Waals surface area contributed by atoms with Crippen molar-refractivity contribution in [1.82, 2.24) is 4.90 Å². The Hall–Kier alpha value is -2.25. The van der Waals surface area contributed by atoms with Crippen LogP contribution in [0.4, 0.5) is 13.2 Å². The maximum Gasteiger partial charge on any atom is 0.416 e. The van der Waals surface area contributed by atoms with Gasteiger partial charge in [0.05, 0.1) is 25.4 Å². The predicted molar refractivity (Wildman–Crippen MR) is 109 cm³/mol. The van der Waals surface area contributed by atoms with Crippen LogP contribution in [0.3, 0.4) is 0 Å². The van der Waals surface area contributed by atoms with E-state index in [0.29, 0.717) is 23.7 Å². The molecular formula is C23H28F3NO3. The largest absolute Gasteiger partial charge is 0.490 e. The van der Waals surface area contributed by atoms with Gasteiger partial charge in [0.15, 0.2) is 11.5 Å². The van der Waals surface area contributed by atoms with E-state index in [1.807, 2.05) is 25.1 Å². The predicted octanol–water partition coefficient (Wildman–Crippen LogP) is 4.95. The van der Waals surface area contributed by atoms with Gasteiger partial charge in [-0.3, -0.25) is 4.90 Å². The van der Waals surface area contributed by atoms with Gasteiger partial charge in [-0.1, -0.05) is 18.2 Å². The fourth-order valence-corrected chi connectivity index (χ4v) is 3.43. The van der Waals surface area contributed by atoms with Crippen LogP contribution in [-0.4, -0.2) is 44.4 Å². The molecule has 0 N–H and O–H groups in total. The van der Waals surface area contributed by atoms with Crippen molar-refractivity contribution in [2.75, 3.05) is 39.5 Å². The highest BCUT2D eigenvalue weighted by Crippen LogP contribution is 2.32. The average Bonchev–Trinajstić information content (AvgIpc) is 2.74. The van der Waals surface area contributed by atoms with Crippen molar-refractivity contribution in [2.45, 2.75) is 32.5 Å². The maximum absolute atomic E-state index is 12.9. The first-order valence-electron chi connectivity index (χ1n) is 10.3. The average molecular weight is 423 g/mol. The van der Waals surface area contributed by atoms with Gasteiger partial charge in [-0.15, -0.1) is 0 Å². The molecule has 1 aliphatic rings. The molecule has 0 unspecified atom stereocenters. The van der Waals surface area contributed by atoms with Crippen molar-refractivity contribution in [3.63, 3.8) is 0 Å². The van der Waals surface area contributed by atoms with Gasteiger partial charge in [0.25, 0.3) is 0 Å². The van der Waals surface area contributed by atoms with Gasteiger partial charge < -0.3 is 14.2 Å². The monoisotopic (exact) mass is 423 g/mol. The minimum Gasteiger partial charge on any atom is -0.490 e. The zero-order valence-electron chi connectivity index (χ0n) is 17.2. The summed E-state index contributed by atoms with van der Waals surface area (Å²) in [5.41, 5.74) is 0.934. The van der Waals surface area contributed by atoms with E-state index in [1.165, 1.54) is 6.07 Å². The van der Waals surface area contributed by atoms with Gasteiger partial charge in [-0.05, 0) is 61.7 Å². The first kappa shape index (κ1) is 22.4. The molecule has 3 rings (SSSR count). The van der Waals surface area contributed by atoms with Crippen molar-refractivity contribution < 1.29 is 27.4 Å². The van der Waals surface area contributed by atoms with E-state index < -0.39 is 11.7 Å². The second kappa shape index (κ2) is 10.7. The molecule has 4 nitrogen and oxygen atoms in total. The zero-order chi connectivity index (χ0) is 21.4. The van der Waals surface area contributed by atoms with Crippen LogP contribution in [0, 0.1) is 0 Å². The molecule has 0 aromatic heterocycles. The normalized spacial score (nSPS) is 15.2. The van der Waals surface area contributed by atoms with Crippen LogP contribution in [-0.2, 0) is 23.9 Å². The molecule has 0 spiro atoms. The van der Waals surface area contributed by atoms with Crippen molar-refractivity contribution >= 4 is 0 Å². The van der Waals surface area contributed by atoms with Crippen molar-refractivity contribution in [2.24, 2.45) is 0 Å². The number of nitrogens with zero attached hydrogens (tertiary/aromatic N) is 1. The Morgan fingerprint density at radius 1 is 0.967 bits per heavy atom. The topological polar surface area (TPSA) is 30.9 Å². The molecule has 0 atom stereocenters. The maximum atomic E-state index is 12.9. The quantitative estimate of drug-likeness (QED) is 0.571. The lowest BCUT2D eigenvalue weighted by atomic mass is 10.1. The van der Waals surface area contributed by atoms with E-state index in [2.05, 4.69) is 4.90 Å². The summed E-state index contributed by atoms with van der Waals surface area (Å²) in [5, 5.41) is 0. The lowest BCUT2D eigenvalue weighted by molar-refractivity contribution is -0.137. The van der Waals surface area contributed by atoms with Gasteiger partial charge >= 0.3 is 6.18 Å². The van der Waals surface area contributed by atoms with Crippen LogP contribution in [0.2, 0.25) is 0 Å². The molecule has 1 fully saturated rings. The minimum atomic E-state index is -4.37. The fourth-order valence-electron chi connectivity index (χ4n) is 3.43. The summed E-state index contributed by atoms with van der Waals surface area (Å²) >= 11 is 0. The molecule has 2 aromatic rings. The third-order valence-corrected chi connectivity index (χ3v) is 5.00. The summed E-state index contributed by atoms with van der Waals surface area (Å²) in [4.78, 5) is 2.40. The Labute approximate surface area is 175 Å². The molecule has 1 aliphatic heterocycles. The molecule has 2 aromatic carbocycles. The summed E-state index contributed by atoms with van der Waals surface area (Å²) < 4.78 is 55.5. The smallest absolute Gasteiger partial charge is 0.416 e. The highest BCUT2D eigenvalue weighted by Gasteiger charge is 2.30. The Morgan fingerprint density at radius 2 is 1.77 bits per heavy atom. The molecule has 1 saturated heterocycles. The first-order chi connectivity index (χ1) is 14.5. The number of alkyl halides is 3. The molecule has 30 heavy (non-hydrogen) atoms. The number of benzene rings is 2. The SMILES string of the molecule is CCOc1cc(CCCN2CCOCC2)ccc1OCc1cccc(C(F)(F)F)c1. The van der Waals surface area contributed by atoms with Crippen LogP contribution in [0.15, 0.2) is 42.5 Å². The van der Waals surface area contributed by atoms with Gasteiger partial charge in [-0.25, -0.2) is 0 Å². The van der Waals surface area contributed by atoms with Crippen LogP contribution in [0.1, 0.15) is 30.0 Å². The number of morpholine rings is 1. The van der Waals surface area contributed by atoms with E-state index in [9.17, 15) is 13.2 Å².